The van der Waals surface area contributed by atoms with Crippen LogP contribution in [0.5, 0.6) is 0 Å². The van der Waals surface area contributed by atoms with E-state index in [1.165, 1.54) is 11.3 Å². The second-order valence-corrected chi connectivity index (χ2v) is 5.18. The van der Waals surface area contributed by atoms with Crippen LogP contribution in [-0.2, 0) is 0 Å². The maximum atomic E-state index is 11.8. The molecule has 5 N–H and O–H groups in total. The molecule has 1 amide bonds. The highest BCUT2D eigenvalue weighted by molar-refractivity contribution is 7.18. The number of nitrogen functional groups attached to an aromatic ring is 1. The van der Waals surface area contributed by atoms with Gasteiger partial charge in [-0.3, -0.25) is 4.79 Å². The van der Waals surface area contributed by atoms with Gasteiger partial charge >= 0.3 is 0 Å². The topological polar surface area (TPSA) is 100 Å². The van der Waals surface area contributed by atoms with E-state index in [0.29, 0.717) is 22.5 Å². The molecule has 94 valence electrons. The van der Waals surface area contributed by atoms with Gasteiger partial charge in [0.25, 0.3) is 5.91 Å². The van der Waals surface area contributed by atoms with Crippen LogP contribution in [0, 0.1) is 5.92 Å². The SMILES string of the molecule is CNc1nc(N)c(C(=O)NCC2CC(O)C2)s1. The summed E-state index contributed by atoms with van der Waals surface area (Å²) in [5.41, 5.74) is 5.65. The van der Waals surface area contributed by atoms with E-state index in [2.05, 4.69) is 15.6 Å². The number of anilines is 2. The molecule has 1 saturated carbocycles. The predicted molar refractivity (Wildman–Crippen MR) is 67.1 cm³/mol. The molecular formula is C10H16N4O2S. The van der Waals surface area contributed by atoms with Crippen LogP contribution < -0.4 is 16.4 Å². The van der Waals surface area contributed by atoms with Crippen LogP contribution in [0.1, 0.15) is 22.5 Å². The van der Waals surface area contributed by atoms with E-state index in [0.717, 1.165) is 12.8 Å². The fourth-order valence-electron chi connectivity index (χ4n) is 1.79. The van der Waals surface area contributed by atoms with Crippen LogP contribution in [0.4, 0.5) is 10.9 Å². The fourth-order valence-corrected chi connectivity index (χ4v) is 2.54. The minimum atomic E-state index is -0.193. The average molecular weight is 256 g/mol. The molecule has 0 aromatic carbocycles. The largest absolute Gasteiger partial charge is 0.393 e. The molecule has 1 aromatic heterocycles. The Bertz CT molecular complexity index is 414. The number of amides is 1. The number of hydrogen-bond donors (Lipinski definition) is 4. The number of carbonyl (C=O) groups excluding carboxylic acids is 1. The maximum Gasteiger partial charge on any atom is 0.265 e. The minimum Gasteiger partial charge on any atom is -0.393 e. The lowest BCUT2D eigenvalue weighted by atomic mass is 9.82. The lowest BCUT2D eigenvalue weighted by Crippen LogP contribution is -2.38. The standard InChI is InChI=1S/C10H16N4O2S/c1-12-10-14-8(11)7(17-10)9(16)13-4-5-2-6(15)3-5/h5-6,15H,2-4,11H2,1H3,(H,12,14)(H,13,16). The van der Waals surface area contributed by atoms with Crippen LogP contribution in [-0.4, -0.2) is 35.7 Å². The van der Waals surface area contributed by atoms with Crippen molar-refractivity contribution in [3.05, 3.63) is 4.88 Å². The highest BCUT2D eigenvalue weighted by Gasteiger charge is 2.27. The molecular weight excluding hydrogens is 240 g/mol. The first-order chi connectivity index (χ1) is 8.10. The second-order valence-electron chi connectivity index (χ2n) is 4.18. The van der Waals surface area contributed by atoms with E-state index in [4.69, 9.17) is 10.8 Å². The van der Waals surface area contributed by atoms with Gasteiger partial charge in [0.2, 0.25) is 0 Å². The van der Waals surface area contributed by atoms with Crippen molar-refractivity contribution in [3.63, 3.8) is 0 Å². The van der Waals surface area contributed by atoms with Crippen molar-refractivity contribution in [1.82, 2.24) is 10.3 Å². The molecule has 6 nitrogen and oxygen atoms in total. The Balaban J connectivity index is 1.88. The summed E-state index contributed by atoms with van der Waals surface area (Å²) in [6.07, 6.45) is 1.33. The van der Waals surface area contributed by atoms with Gasteiger partial charge in [-0.1, -0.05) is 11.3 Å². The normalized spacial score (nSPS) is 22.9. The third-order valence-corrected chi connectivity index (χ3v) is 3.92. The lowest BCUT2D eigenvalue weighted by molar-refractivity contribution is 0.0420. The molecule has 1 aliphatic carbocycles. The summed E-state index contributed by atoms with van der Waals surface area (Å²) in [6.45, 7) is 0.585. The number of aromatic nitrogens is 1. The zero-order valence-corrected chi connectivity index (χ0v) is 10.4. The van der Waals surface area contributed by atoms with Gasteiger partial charge in [-0.25, -0.2) is 4.98 Å². The zero-order chi connectivity index (χ0) is 12.4. The summed E-state index contributed by atoms with van der Waals surface area (Å²) >= 11 is 1.24. The van der Waals surface area contributed by atoms with Gasteiger partial charge in [0.05, 0.1) is 6.10 Å². The molecule has 1 aromatic rings. The Morgan fingerprint density at radius 2 is 2.35 bits per heavy atom. The lowest BCUT2D eigenvalue weighted by Gasteiger charge is -2.31. The van der Waals surface area contributed by atoms with E-state index in [9.17, 15) is 4.79 Å². The number of thiazole rings is 1. The Hall–Kier alpha value is -1.34. The maximum absolute atomic E-state index is 11.8. The van der Waals surface area contributed by atoms with Crippen molar-refractivity contribution in [1.29, 1.82) is 0 Å². The summed E-state index contributed by atoms with van der Waals surface area (Å²) in [5.74, 6) is 0.445. The van der Waals surface area contributed by atoms with Crippen molar-refractivity contribution < 1.29 is 9.90 Å². The third kappa shape index (κ3) is 2.67. The molecule has 0 aliphatic heterocycles. The fraction of sp³-hybridized carbons (Fsp3) is 0.600. The molecule has 1 fully saturated rings. The first-order valence-corrected chi connectivity index (χ1v) is 6.32. The van der Waals surface area contributed by atoms with Crippen molar-refractivity contribution in [2.75, 3.05) is 24.6 Å². The number of rotatable bonds is 4. The van der Waals surface area contributed by atoms with E-state index in [1.807, 2.05) is 0 Å². The molecule has 0 bridgehead atoms. The highest BCUT2D eigenvalue weighted by Crippen LogP contribution is 2.27. The monoisotopic (exact) mass is 256 g/mol. The van der Waals surface area contributed by atoms with E-state index < -0.39 is 0 Å². The highest BCUT2D eigenvalue weighted by atomic mass is 32.1. The van der Waals surface area contributed by atoms with Crippen LogP contribution >= 0.6 is 11.3 Å². The summed E-state index contributed by atoms with van der Waals surface area (Å²) in [5, 5.41) is 15.4. The van der Waals surface area contributed by atoms with Crippen LogP contribution in [0.15, 0.2) is 0 Å². The van der Waals surface area contributed by atoms with E-state index >= 15 is 0 Å². The molecule has 0 unspecified atom stereocenters. The summed E-state index contributed by atoms with van der Waals surface area (Å²) in [7, 11) is 1.73. The van der Waals surface area contributed by atoms with Gasteiger partial charge in [0, 0.05) is 13.6 Å². The van der Waals surface area contributed by atoms with E-state index in [-0.39, 0.29) is 17.8 Å². The molecule has 0 radical (unpaired) electrons. The van der Waals surface area contributed by atoms with Gasteiger partial charge in [0.15, 0.2) is 5.13 Å². The van der Waals surface area contributed by atoms with Gasteiger partial charge in [-0.05, 0) is 18.8 Å². The summed E-state index contributed by atoms with van der Waals surface area (Å²) < 4.78 is 0. The molecule has 1 aliphatic rings. The number of aliphatic hydroxyl groups is 1. The first-order valence-electron chi connectivity index (χ1n) is 5.50. The van der Waals surface area contributed by atoms with E-state index in [1.54, 1.807) is 7.05 Å². The Labute approximate surface area is 103 Å². The number of nitrogens with two attached hydrogens (primary N) is 1. The van der Waals surface area contributed by atoms with Crippen LogP contribution in [0.2, 0.25) is 0 Å². The van der Waals surface area contributed by atoms with Crippen molar-refractivity contribution in [2.45, 2.75) is 18.9 Å². The average Bonchev–Trinajstić information content (AvgIpc) is 2.64. The molecule has 0 spiro atoms. The number of nitrogens with one attached hydrogen (secondary N) is 2. The quantitative estimate of drug-likeness (QED) is 0.619. The van der Waals surface area contributed by atoms with Gasteiger partial charge in [-0.2, -0.15) is 0 Å². The smallest absolute Gasteiger partial charge is 0.265 e. The number of hydrogen-bond acceptors (Lipinski definition) is 6. The van der Waals surface area contributed by atoms with Gasteiger partial charge < -0.3 is 21.5 Å². The van der Waals surface area contributed by atoms with Crippen molar-refractivity contribution in [2.24, 2.45) is 5.92 Å². The summed E-state index contributed by atoms with van der Waals surface area (Å²) in [4.78, 5) is 16.3. The van der Waals surface area contributed by atoms with Crippen LogP contribution in [0.25, 0.3) is 0 Å². The second kappa shape index (κ2) is 4.89. The Morgan fingerprint density at radius 1 is 1.65 bits per heavy atom. The molecule has 0 saturated heterocycles. The zero-order valence-electron chi connectivity index (χ0n) is 9.56. The van der Waals surface area contributed by atoms with Crippen LogP contribution in [0.3, 0.4) is 0 Å². The van der Waals surface area contributed by atoms with Gasteiger partial charge in [0.1, 0.15) is 10.7 Å². The molecule has 7 heteroatoms. The molecule has 17 heavy (non-hydrogen) atoms. The Morgan fingerprint density at radius 3 is 2.88 bits per heavy atom. The molecule has 1 heterocycles. The third-order valence-electron chi connectivity index (χ3n) is 2.84. The Kier molecular flexibility index (Phi) is 3.49. The number of nitrogens with zero attached hydrogens (tertiary/aromatic N) is 1. The molecule has 0 atom stereocenters. The number of carbonyl (C=O) groups is 1. The van der Waals surface area contributed by atoms with Crippen molar-refractivity contribution in [3.8, 4) is 0 Å². The number of aliphatic hydroxyl groups excluding tert-OH is 1. The first kappa shape index (κ1) is 12.1. The minimum absolute atomic E-state index is 0.192. The summed E-state index contributed by atoms with van der Waals surface area (Å²) in [6, 6.07) is 0. The molecule has 2 rings (SSSR count). The van der Waals surface area contributed by atoms with Crippen molar-refractivity contribution >= 4 is 28.2 Å². The predicted octanol–water partition coefficient (Wildman–Crippen LogP) is 0.268. The van der Waals surface area contributed by atoms with Gasteiger partial charge in [-0.15, -0.1) is 0 Å².